The van der Waals surface area contributed by atoms with Crippen molar-refractivity contribution in [3.8, 4) is 0 Å². The Hall–Kier alpha value is -1.55. The molecule has 0 bridgehead atoms. The van der Waals surface area contributed by atoms with Crippen molar-refractivity contribution in [1.82, 2.24) is 0 Å². The fraction of sp³-hybridized carbons (Fsp3) is 0.143. The average Bonchev–Trinajstić information content (AvgIpc) is 2.34. The Kier molecular flexibility index (Phi) is 3.87. The summed E-state index contributed by atoms with van der Waals surface area (Å²) < 4.78 is 26.6. The molecule has 0 spiro atoms. The van der Waals surface area contributed by atoms with E-state index in [1.165, 1.54) is 17.8 Å². The Labute approximate surface area is 109 Å². The van der Waals surface area contributed by atoms with E-state index in [0.29, 0.717) is 10.6 Å². The zero-order valence-electron chi connectivity index (χ0n) is 9.86. The van der Waals surface area contributed by atoms with Gasteiger partial charge < -0.3 is 5.73 Å². The molecule has 0 amide bonds. The summed E-state index contributed by atoms with van der Waals surface area (Å²) in [5.74, 6) is -0.837. The van der Waals surface area contributed by atoms with Gasteiger partial charge >= 0.3 is 0 Å². The minimum Gasteiger partial charge on any atom is -0.399 e. The Balaban J connectivity index is 2.21. The van der Waals surface area contributed by atoms with Gasteiger partial charge in [-0.3, -0.25) is 0 Å². The van der Waals surface area contributed by atoms with Crippen LogP contribution in [0.15, 0.2) is 47.4 Å². The van der Waals surface area contributed by atoms with Crippen LogP contribution in [-0.2, 0) is 0 Å². The molecule has 1 atom stereocenters. The molecule has 0 saturated carbocycles. The standard InChI is InChI=1S/C14H13F2NS/c1-9(10-3-2-4-12(17)7-10)18-14-8-11(15)5-6-13(14)16/h2-9H,17H2,1H3. The smallest absolute Gasteiger partial charge is 0.136 e. The fourth-order valence-corrected chi connectivity index (χ4v) is 2.66. The van der Waals surface area contributed by atoms with Crippen molar-refractivity contribution < 1.29 is 8.78 Å². The first-order valence-corrected chi connectivity index (χ1v) is 6.41. The molecule has 0 aromatic heterocycles. The molecule has 0 heterocycles. The molecule has 1 unspecified atom stereocenters. The normalized spacial score (nSPS) is 12.4. The molecule has 0 aliphatic carbocycles. The maximum absolute atomic E-state index is 13.5. The summed E-state index contributed by atoms with van der Waals surface area (Å²) in [4.78, 5) is 0.310. The highest BCUT2D eigenvalue weighted by Crippen LogP contribution is 2.36. The van der Waals surface area contributed by atoms with E-state index < -0.39 is 11.6 Å². The van der Waals surface area contributed by atoms with Gasteiger partial charge in [-0.05, 0) is 42.8 Å². The molecule has 0 saturated heterocycles. The molecular weight excluding hydrogens is 252 g/mol. The molecule has 4 heteroatoms. The van der Waals surface area contributed by atoms with E-state index in [9.17, 15) is 8.78 Å². The summed E-state index contributed by atoms with van der Waals surface area (Å²) in [7, 11) is 0. The van der Waals surface area contributed by atoms with Gasteiger partial charge in [0.2, 0.25) is 0 Å². The van der Waals surface area contributed by atoms with Crippen molar-refractivity contribution in [3.05, 3.63) is 59.7 Å². The van der Waals surface area contributed by atoms with Crippen molar-refractivity contribution in [2.45, 2.75) is 17.1 Å². The third-order valence-electron chi connectivity index (χ3n) is 2.58. The van der Waals surface area contributed by atoms with Gasteiger partial charge in [0.25, 0.3) is 0 Å². The van der Waals surface area contributed by atoms with Crippen LogP contribution in [0, 0.1) is 11.6 Å². The second-order valence-electron chi connectivity index (χ2n) is 4.00. The van der Waals surface area contributed by atoms with Gasteiger partial charge in [0, 0.05) is 15.8 Å². The molecule has 1 nitrogen and oxygen atoms in total. The lowest BCUT2D eigenvalue weighted by atomic mass is 10.1. The number of rotatable bonds is 3. The maximum Gasteiger partial charge on any atom is 0.136 e. The zero-order chi connectivity index (χ0) is 13.1. The topological polar surface area (TPSA) is 26.0 Å². The molecule has 94 valence electrons. The van der Waals surface area contributed by atoms with Crippen LogP contribution in [0.2, 0.25) is 0 Å². The molecule has 18 heavy (non-hydrogen) atoms. The van der Waals surface area contributed by atoms with Gasteiger partial charge in [-0.15, -0.1) is 11.8 Å². The van der Waals surface area contributed by atoms with E-state index in [1.807, 2.05) is 25.1 Å². The number of benzene rings is 2. The Morgan fingerprint density at radius 1 is 1.11 bits per heavy atom. The predicted octanol–water partition coefficient (Wildman–Crippen LogP) is 4.40. The van der Waals surface area contributed by atoms with Crippen LogP contribution >= 0.6 is 11.8 Å². The molecule has 2 aromatic carbocycles. The van der Waals surface area contributed by atoms with Gasteiger partial charge in [0.1, 0.15) is 11.6 Å². The summed E-state index contributed by atoms with van der Waals surface area (Å²) in [5, 5.41) is 0.00444. The van der Waals surface area contributed by atoms with Crippen LogP contribution in [-0.4, -0.2) is 0 Å². The quantitative estimate of drug-likeness (QED) is 0.657. The van der Waals surface area contributed by atoms with Crippen molar-refractivity contribution in [2.24, 2.45) is 0 Å². The molecule has 0 fully saturated rings. The number of hydrogen-bond acceptors (Lipinski definition) is 2. The predicted molar refractivity (Wildman–Crippen MR) is 71.5 cm³/mol. The molecule has 0 aliphatic rings. The average molecular weight is 265 g/mol. The monoisotopic (exact) mass is 265 g/mol. The van der Waals surface area contributed by atoms with Gasteiger partial charge in [0.05, 0.1) is 0 Å². The van der Waals surface area contributed by atoms with Crippen LogP contribution < -0.4 is 5.73 Å². The second kappa shape index (κ2) is 5.40. The van der Waals surface area contributed by atoms with Crippen molar-refractivity contribution in [1.29, 1.82) is 0 Å². The molecule has 0 aliphatic heterocycles. The van der Waals surface area contributed by atoms with Crippen LogP contribution in [0.3, 0.4) is 0 Å². The number of hydrogen-bond donors (Lipinski definition) is 1. The SMILES string of the molecule is CC(Sc1cc(F)ccc1F)c1cccc(N)c1. The lowest BCUT2D eigenvalue weighted by Gasteiger charge is -2.12. The number of thioether (sulfide) groups is 1. The summed E-state index contributed by atoms with van der Waals surface area (Å²) in [6.07, 6.45) is 0. The third kappa shape index (κ3) is 3.01. The number of nitrogen functional groups attached to an aromatic ring is 1. The minimum absolute atomic E-state index is 0.00444. The van der Waals surface area contributed by atoms with E-state index in [4.69, 9.17) is 5.73 Å². The zero-order valence-corrected chi connectivity index (χ0v) is 10.7. The molecule has 2 rings (SSSR count). The van der Waals surface area contributed by atoms with Gasteiger partial charge in [0.15, 0.2) is 0 Å². The summed E-state index contributed by atoms with van der Waals surface area (Å²) in [6.45, 7) is 1.93. The van der Waals surface area contributed by atoms with Crippen LogP contribution in [0.4, 0.5) is 14.5 Å². The van der Waals surface area contributed by atoms with E-state index in [0.717, 1.165) is 17.7 Å². The summed E-state index contributed by atoms with van der Waals surface area (Å²) >= 11 is 1.28. The first kappa shape index (κ1) is 12.9. The highest BCUT2D eigenvalue weighted by atomic mass is 32.2. The molecule has 2 aromatic rings. The highest BCUT2D eigenvalue weighted by Gasteiger charge is 2.11. The van der Waals surface area contributed by atoms with Gasteiger partial charge in [-0.25, -0.2) is 8.78 Å². The van der Waals surface area contributed by atoms with Crippen molar-refractivity contribution >= 4 is 17.4 Å². The van der Waals surface area contributed by atoms with Crippen LogP contribution in [0.5, 0.6) is 0 Å². The van der Waals surface area contributed by atoms with Crippen LogP contribution in [0.1, 0.15) is 17.7 Å². The van der Waals surface area contributed by atoms with E-state index >= 15 is 0 Å². The van der Waals surface area contributed by atoms with E-state index in [2.05, 4.69) is 0 Å². The first-order valence-electron chi connectivity index (χ1n) is 5.53. The number of anilines is 1. The molecule has 2 N–H and O–H groups in total. The van der Waals surface area contributed by atoms with Gasteiger partial charge in [-0.1, -0.05) is 12.1 Å². The Bertz CT molecular complexity index is 557. The van der Waals surface area contributed by atoms with Crippen LogP contribution in [0.25, 0.3) is 0 Å². The molecule has 0 radical (unpaired) electrons. The maximum atomic E-state index is 13.5. The minimum atomic E-state index is -0.432. The lowest BCUT2D eigenvalue weighted by Crippen LogP contribution is -1.93. The lowest BCUT2D eigenvalue weighted by molar-refractivity contribution is 0.577. The number of halogens is 2. The summed E-state index contributed by atoms with van der Waals surface area (Å²) in [6, 6.07) is 10.9. The number of nitrogens with two attached hydrogens (primary N) is 1. The second-order valence-corrected chi connectivity index (χ2v) is 5.39. The van der Waals surface area contributed by atoms with Gasteiger partial charge in [-0.2, -0.15) is 0 Å². The highest BCUT2D eigenvalue weighted by molar-refractivity contribution is 7.99. The summed E-state index contributed by atoms with van der Waals surface area (Å²) in [5.41, 5.74) is 7.36. The van der Waals surface area contributed by atoms with Crippen molar-refractivity contribution in [3.63, 3.8) is 0 Å². The largest absolute Gasteiger partial charge is 0.399 e. The fourth-order valence-electron chi connectivity index (χ4n) is 1.64. The first-order chi connectivity index (χ1) is 8.56. The van der Waals surface area contributed by atoms with E-state index in [-0.39, 0.29) is 5.25 Å². The Morgan fingerprint density at radius 2 is 1.89 bits per heavy atom. The molecular formula is C14H13F2NS. The van der Waals surface area contributed by atoms with E-state index in [1.54, 1.807) is 6.07 Å². The Morgan fingerprint density at radius 3 is 2.61 bits per heavy atom. The third-order valence-corrected chi connectivity index (χ3v) is 3.77. The van der Waals surface area contributed by atoms with Crippen molar-refractivity contribution in [2.75, 3.05) is 5.73 Å².